The van der Waals surface area contributed by atoms with Crippen LogP contribution in [-0.4, -0.2) is 27.9 Å². The molecule has 140 valence electrons. The third-order valence-corrected chi connectivity index (χ3v) is 6.46. The number of benzene rings is 1. The number of anilines is 1. The predicted molar refractivity (Wildman–Crippen MR) is 77.9 cm³/mol. The first-order valence-corrected chi connectivity index (χ1v) is 8.94. The summed E-state index contributed by atoms with van der Waals surface area (Å²) in [7, 11) is -13.5. The summed E-state index contributed by atoms with van der Waals surface area (Å²) in [4.78, 5) is 0. The van der Waals surface area contributed by atoms with Gasteiger partial charge in [-0.3, -0.25) is 0 Å². The third kappa shape index (κ3) is 4.54. The summed E-state index contributed by atoms with van der Waals surface area (Å²) >= 11 is 0. The van der Waals surface area contributed by atoms with Crippen LogP contribution in [0.3, 0.4) is 0 Å². The predicted octanol–water partition coefficient (Wildman–Crippen LogP) is 2.99. The Morgan fingerprint density at radius 3 is 1.60 bits per heavy atom. The van der Waals surface area contributed by atoms with Crippen molar-refractivity contribution >= 4 is 31.4 Å². The first-order chi connectivity index (χ1) is 11.1. The molecule has 1 aromatic carbocycles. The average molecular weight is 409 g/mol. The second kappa shape index (κ2) is 6.71. The van der Waals surface area contributed by atoms with Crippen molar-refractivity contribution in [3.63, 3.8) is 0 Å². The molecule has 1 rings (SSSR count). The fourth-order valence-electron chi connectivity index (χ4n) is 1.40. The number of sulfone groups is 2. The Labute approximate surface area is 138 Å². The highest BCUT2D eigenvalue weighted by Crippen LogP contribution is 2.38. The highest BCUT2D eigenvalue weighted by Gasteiger charge is 2.59. The van der Waals surface area contributed by atoms with Gasteiger partial charge in [0.15, 0.2) is 4.24 Å². The molecule has 5 nitrogen and oxygen atoms in total. The Morgan fingerprint density at radius 1 is 0.840 bits per heavy atom. The van der Waals surface area contributed by atoms with Crippen molar-refractivity contribution in [2.24, 2.45) is 0 Å². The van der Waals surface area contributed by atoms with E-state index in [0.29, 0.717) is 11.8 Å². The summed E-state index contributed by atoms with van der Waals surface area (Å²) in [6.45, 7) is 0. The minimum absolute atomic E-state index is 0.221. The molecule has 13 heteroatoms. The lowest BCUT2D eigenvalue weighted by Crippen LogP contribution is -2.34. The molecule has 0 aromatic heterocycles. The molecule has 0 fully saturated rings. The second-order valence-corrected chi connectivity index (χ2v) is 8.49. The van der Waals surface area contributed by atoms with Crippen LogP contribution in [0.4, 0.5) is 32.0 Å². The molecule has 1 aromatic rings. The van der Waals surface area contributed by atoms with E-state index in [1.807, 2.05) is 0 Å². The van der Waals surface area contributed by atoms with E-state index >= 15 is 0 Å². The molecule has 0 saturated carbocycles. The minimum atomic E-state index is -6.76. The standard InChI is InChI=1S/C12H9F6NO4S2/c13-11(14,15)24(20,21)10(25(22,23)12(16,17)18)3-1-2-8-4-6-9(19)7-5-8/h1-7H,19H2/b2-1+. The van der Waals surface area contributed by atoms with Crippen LogP contribution in [0.2, 0.25) is 0 Å². The third-order valence-electron chi connectivity index (χ3n) is 2.60. The Morgan fingerprint density at radius 2 is 1.24 bits per heavy atom. The van der Waals surface area contributed by atoms with Crippen molar-refractivity contribution in [2.75, 3.05) is 5.73 Å². The number of allylic oxidation sites excluding steroid dienone is 2. The average Bonchev–Trinajstić information content (AvgIpc) is 2.42. The highest BCUT2D eigenvalue weighted by atomic mass is 32.3. The van der Waals surface area contributed by atoms with Gasteiger partial charge in [0.2, 0.25) is 0 Å². The number of rotatable bonds is 4. The molecule has 0 spiro atoms. The number of nitrogens with two attached hydrogens (primary N) is 1. The van der Waals surface area contributed by atoms with Gasteiger partial charge >= 0.3 is 11.0 Å². The molecule has 0 saturated heterocycles. The van der Waals surface area contributed by atoms with Gasteiger partial charge in [0.1, 0.15) is 0 Å². The van der Waals surface area contributed by atoms with Gasteiger partial charge in [-0.1, -0.05) is 24.3 Å². The quantitative estimate of drug-likeness (QED) is 0.469. The van der Waals surface area contributed by atoms with Crippen molar-refractivity contribution in [3.8, 4) is 0 Å². The summed E-state index contributed by atoms with van der Waals surface area (Å²) in [5.74, 6) is 0. The lowest BCUT2D eigenvalue weighted by molar-refractivity contribution is -0.0444. The van der Waals surface area contributed by atoms with Gasteiger partial charge in [-0.25, -0.2) is 16.8 Å². The van der Waals surface area contributed by atoms with Gasteiger partial charge in [0.25, 0.3) is 19.7 Å². The molecule has 0 bridgehead atoms. The second-order valence-electron chi connectivity index (χ2n) is 4.41. The van der Waals surface area contributed by atoms with E-state index in [1.165, 1.54) is 24.3 Å². The van der Waals surface area contributed by atoms with Crippen molar-refractivity contribution in [3.05, 3.63) is 46.2 Å². The van der Waals surface area contributed by atoms with Crippen LogP contribution in [0.25, 0.3) is 6.08 Å². The van der Waals surface area contributed by atoms with Crippen LogP contribution in [0.5, 0.6) is 0 Å². The largest absolute Gasteiger partial charge is 0.502 e. The van der Waals surface area contributed by atoms with Crippen molar-refractivity contribution in [1.82, 2.24) is 0 Å². The molecule has 0 radical (unpaired) electrons. The van der Waals surface area contributed by atoms with Crippen molar-refractivity contribution in [1.29, 1.82) is 0 Å². The maximum atomic E-state index is 12.5. The summed E-state index contributed by atoms with van der Waals surface area (Å²) in [5, 5.41) is 0. The number of halogens is 6. The Balaban J connectivity index is 3.50. The number of hydrogen-bond acceptors (Lipinski definition) is 5. The smallest absolute Gasteiger partial charge is 0.399 e. The number of alkyl halides is 6. The van der Waals surface area contributed by atoms with Crippen LogP contribution in [0, 0.1) is 0 Å². The zero-order valence-corrected chi connectivity index (χ0v) is 13.5. The van der Waals surface area contributed by atoms with Crippen molar-refractivity contribution in [2.45, 2.75) is 11.0 Å². The van der Waals surface area contributed by atoms with E-state index in [0.717, 1.165) is 6.08 Å². The summed E-state index contributed by atoms with van der Waals surface area (Å²) < 4.78 is 117. The van der Waals surface area contributed by atoms with Gasteiger partial charge in [0, 0.05) is 5.69 Å². The Hall–Kier alpha value is -2.02. The van der Waals surface area contributed by atoms with Crippen LogP contribution in [0.1, 0.15) is 5.56 Å². The number of nitrogen functional groups attached to an aromatic ring is 1. The summed E-state index contributed by atoms with van der Waals surface area (Å²) in [5.41, 5.74) is -6.56. The van der Waals surface area contributed by atoms with Gasteiger partial charge in [-0.2, -0.15) is 26.3 Å². The molecule has 0 unspecified atom stereocenters. The van der Waals surface area contributed by atoms with Gasteiger partial charge in [-0.15, -0.1) is 0 Å². The SMILES string of the molecule is Nc1ccc(/C=C/C=C(S(=O)(=O)C(F)(F)F)S(=O)(=O)C(F)(F)F)cc1. The molecule has 2 N–H and O–H groups in total. The lowest BCUT2D eigenvalue weighted by Gasteiger charge is -2.13. The molecule has 0 aliphatic carbocycles. The van der Waals surface area contributed by atoms with Gasteiger partial charge in [-0.05, 0) is 23.8 Å². The molecule has 0 amide bonds. The van der Waals surface area contributed by atoms with Crippen LogP contribution >= 0.6 is 0 Å². The molecular formula is C12H9F6NO4S2. The van der Waals surface area contributed by atoms with E-state index < -0.39 is 34.9 Å². The van der Waals surface area contributed by atoms with Crippen LogP contribution in [-0.2, 0) is 19.7 Å². The zero-order valence-electron chi connectivity index (χ0n) is 11.8. The van der Waals surface area contributed by atoms with E-state index in [9.17, 15) is 43.2 Å². The summed E-state index contributed by atoms with van der Waals surface area (Å²) in [6.07, 6.45) is 1.06. The normalized spacial score (nSPS) is 13.8. The molecule has 0 aliphatic rings. The molecule has 0 heterocycles. The monoisotopic (exact) mass is 409 g/mol. The first kappa shape index (κ1) is 21.0. The van der Waals surface area contributed by atoms with E-state index in [1.54, 1.807) is 0 Å². The van der Waals surface area contributed by atoms with Crippen LogP contribution in [0.15, 0.2) is 40.7 Å². The molecular weight excluding hydrogens is 400 g/mol. The maximum absolute atomic E-state index is 12.5. The lowest BCUT2D eigenvalue weighted by atomic mass is 10.2. The van der Waals surface area contributed by atoms with Crippen molar-refractivity contribution < 1.29 is 43.2 Å². The van der Waals surface area contributed by atoms with E-state index in [2.05, 4.69) is 0 Å². The fourth-order valence-corrected chi connectivity index (χ4v) is 4.09. The van der Waals surface area contributed by atoms with Crippen LogP contribution < -0.4 is 5.73 Å². The van der Waals surface area contributed by atoms with Gasteiger partial charge in [0.05, 0.1) is 0 Å². The molecule has 0 atom stereocenters. The van der Waals surface area contributed by atoms with Gasteiger partial charge < -0.3 is 5.73 Å². The first-order valence-electron chi connectivity index (χ1n) is 5.97. The summed E-state index contributed by atoms with van der Waals surface area (Å²) in [6, 6.07) is 5.33. The number of hydrogen-bond donors (Lipinski definition) is 1. The minimum Gasteiger partial charge on any atom is -0.399 e. The molecule has 0 aliphatic heterocycles. The molecule has 25 heavy (non-hydrogen) atoms. The Bertz CT molecular complexity index is 848. The fraction of sp³-hybridized carbons (Fsp3) is 0.167. The Kier molecular flexibility index (Phi) is 5.64. The highest BCUT2D eigenvalue weighted by molar-refractivity contribution is 8.15. The topological polar surface area (TPSA) is 94.3 Å². The van der Waals surface area contributed by atoms with E-state index in [4.69, 9.17) is 5.73 Å². The maximum Gasteiger partial charge on any atom is 0.502 e. The van der Waals surface area contributed by atoms with E-state index in [-0.39, 0.29) is 11.6 Å². The zero-order chi connectivity index (χ0) is 19.7.